The molecular formula is C13H18Br2N2O. The van der Waals surface area contributed by atoms with Crippen molar-refractivity contribution < 1.29 is 4.79 Å². The van der Waals surface area contributed by atoms with E-state index in [0.717, 1.165) is 21.8 Å². The van der Waals surface area contributed by atoms with Gasteiger partial charge in [-0.3, -0.25) is 4.79 Å². The van der Waals surface area contributed by atoms with Crippen molar-refractivity contribution in [3.05, 3.63) is 32.7 Å². The first-order valence-electron chi connectivity index (χ1n) is 5.95. The van der Waals surface area contributed by atoms with Crippen LogP contribution >= 0.6 is 31.9 Å². The second-order valence-electron chi connectivity index (χ2n) is 4.27. The molecule has 0 spiro atoms. The number of hydrogen-bond acceptors (Lipinski definition) is 2. The molecule has 100 valence electrons. The lowest BCUT2D eigenvalue weighted by atomic mass is 9.92. The number of nitrogens with two attached hydrogens (primary N) is 1. The van der Waals surface area contributed by atoms with E-state index in [0.29, 0.717) is 12.1 Å². The monoisotopic (exact) mass is 376 g/mol. The average Bonchev–Trinajstić information content (AvgIpc) is 2.38. The van der Waals surface area contributed by atoms with Crippen LogP contribution in [-0.4, -0.2) is 18.0 Å². The summed E-state index contributed by atoms with van der Waals surface area (Å²) in [6, 6.07) is 5.53. The van der Waals surface area contributed by atoms with E-state index in [2.05, 4.69) is 37.2 Å². The van der Waals surface area contributed by atoms with E-state index in [4.69, 9.17) is 5.73 Å². The molecule has 0 aromatic heterocycles. The highest BCUT2D eigenvalue weighted by atomic mass is 79.9. The van der Waals surface area contributed by atoms with E-state index in [1.54, 1.807) is 6.07 Å². The molecule has 0 saturated carbocycles. The second-order valence-corrected chi connectivity index (χ2v) is 6.04. The summed E-state index contributed by atoms with van der Waals surface area (Å²) in [7, 11) is 0. The number of benzene rings is 1. The fourth-order valence-corrected chi connectivity index (χ4v) is 2.53. The molecule has 3 N–H and O–H groups in total. The van der Waals surface area contributed by atoms with Gasteiger partial charge in [0.1, 0.15) is 0 Å². The number of carbonyl (C=O) groups excluding carboxylic acids is 1. The molecule has 1 aromatic rings. The number of rotatable bonds is 5. The van der Waals surface area contributed by atoms with Crippen molar-refractivity contribution in [2.24, 2.45) is 5.73 Å². The zero-order valence-corrected chi connectivity index (χ0v) is 13.8. The van der Waals surface area contributed by atoms with Gasteiger partial charge in [0, 0.05) is 15.5 Å². The standard InChI is InChI=1S/C13H18Br2N2O/c1-3-13(4-2,8-16)17-12(18)10-7-9(14)5-6-11(10)15/h5-7H,3-4,8,16H2,1-2H3,(H,17,18). The summed E-state index contributed by atoms with van der Waals surface area (Å²) in [5, 5.41) is 3.05. The number of carbonyl (C=O) groups is 1. The molecule has 0 fully saturated rings. The first-order chi connectivity index (χ1) is 8.48. The van der Waals surface area contributed by atoms with Gasteiger partial charge in [-0.15, -0.1) is 0 Å². The largest absolute Gasteiger partial charge is 0.345 e. The van der Waals surface area contributed by atoms with Gasteiger partial charge in [-0.05, 0) is 47.0 Å². The van der Waals surface area contributed by atoms with Gasteiger partial charge >= 0.3 is 0 Å². The summed E-state index contributed by atoms with van der Waals surface area (Å²) in [4.78, 5) is 12.3. The minimum atomic E-state index is -0.321. The van der Waals surface area contributed by atoms with Crippen LogP contribution in [0.4, 0.5) is 0 Å². The lowest BCUT2D eigenvalue weighted by molar-refractivity contribution is 0.0894. The van der Waals surface area contributed by atoms with Crippen LogP contribution < -0.4 is 11.1 Å². The maximum atomic E-state index is 12.3. The molecule has 0 heterocycles. The van der Waals surface area contributed by atoms with Crippen LogP contribution in [0.25, 0.3) is 0 Å². The highest BCUT2D eigenvalue weighted by molar-refractivity contribution is 9.11. The van der Waals surface area contributed by atoms with Gasteiger partial charge in [-0.25, -0.2) is 0 Å². The van der Waals surface area contributed by atoms with Crippen molar-refractivity contribution in [3.8, 4) is 0 Å². The Balaban J connectivity index is 2.97. The minimum Gasteiger partial charge on any atom is -0.345 e. The molecule has 1 amide bonds. The predicted octanol–water partition coefficient (Wildman–Crippen LogP) is 3.46. The first kappa shape index (κ1) is 15.7. The third-order valence-corrected chi connectivity index (χ3v) is 4.48. The molecule has 0 aliphatic rings. The van der Waals surface area contributed by atoms with E-state index >= 15 is 0 Å². The molecule has 0 atom stereocenters. The third-order valence-electron chi connectivity index (χ3n) is 3.30. The molecule has 1 rings (SSSR count). The fraction of sp³-hybridized carbons (Fsp3) is 0.462. The van der Waals surface area contributed by atoms with Crippen LogP contribution in [0.5, 0.6) is 0 Å². The van der Waals surface area contributed by atoms with Crippen LogP contribution in [0.3, 0.4) is 0 Å². The summed E-state index contributed by atoms with van der Waals surface area (Å²) in [5.41, 5.74) is 6.08. The van der Waals surface area contributed by atoms with Gasteiger partial charge in [-0.2, -0.15) is 0 Å². The van der Waals surface area contributed by atoms with Crippen molar-refractivity contribution in [2.45, 2.75) is 32.2 Å². The lowest BCUT2D eigenvalue weighted by Crippen LogP contribution is -2.52. The summed E-state index contributed by atoms with van der Waals surface area (Å²) in [6.07, 6.45) is 1.63. The van der Waals surface area contributed by atoms with Crippen LogP contribution in [0.1, 0.15) is 37.0 Å². The molecule has 1 aromatic carbocycles. The van der Waals surface area contributed by atoms with Gasteiger partial charge in [0.25, 0.3) is 5.91 Å². The normalized spacial score (nSPS) is 11.4. The van der Waals surface area contributed by atoms with Crippen LogP contribution in [0.2, 0.25) is 0 Å². The lowest BCUT2D eigenvalue weighted by Gasteiger charge is -2.31. The van der Waals surface area contributed by atoms with Gasteiger partial charge < -0.3 is 11.1 Å². The third kappa shape index (κ3) is 3.56. The molecule has 0 bridgehead atoms. The summed E-state index contributed by atoms with van der Waals surface area (Å²) < 4.78 is 1.66. The predicted molar refractivity (Wildman–Crippen MR) is 81.7 cm³/mol. The van der Waals surface area contributed by atoms with Crippen molar-refractivity contribution in [2.75, 3.05) is 6.54 Å². The highest BCUT2D eigenvalue weighted by Crippen LogP contribution is 2.23. The van der Waals surface area contributed by atoms with Crippen LogP contribution in [0, 0.1) is 0 Å². The maximum absolute atomic E-state index is 12.3. The average molecular weight is 378 g/mol. The first-order valence-corrected chi connectivity index (χ1v) is 7.54. The molecule has 0 aliphatic heterocycles. The second kappa shape index (κ2) is 6.68. The quantitative estimate of drug-likeness (QED) is 0.825. The van der Waals surface area contributed by atoms with Crippen molar-refractivity contribution in [1.29, 1.82) is 0 Å². The van der Waals surface area contributed by atoms with Crippen molar-refractivity contribution in [3.63, 3.8) is 0 Å². The summed E-state index contributed by atoms with van der Waals surface area (Å²) in [6.45, 7) is 4.51. The Morgan fingerprint density at radius 3 is 2.44 bits per heavy atom. The summed E-state index contributed by atoms with van der Waals surface area (Å²) in [5.74, 6) is -0.0997. The Morgan fingerprint density at radius 2 is 1.94 bits per heavy atom. The minimum absolute atomic E-state index is 0.0997. The molecule has 0 unspecified atom stereocenters. The van der Waals surface area contributed by atoms with Gasteiger partial charge in [0.05, 0.1) is 11.1 Å². The Kier molecular flexibility index (Phi) is 5.82. The number of nitrogens with one attached hydrogen (secondary N) is 1. The smallest absolute Gasteiger partial charge is 0.252 e. The molecule has 0 radical (unpaired) electrons. The topological polar surface area (TPSA) is 55.1 Å². The van der Waals surface area contributed by atoms with Crippen molar-refractivity contribution in [1.82, 2.24) is 5.32 Å². The van der Waals surface area contributed by atoms with Crippen LogP contribution in [-0.2, 0) is 0 Å². The van der Waals surface area contributed by atoms with E-state index in [9.17, 15) is 4.79 Å². The van der Waals surface area contributed by atoms with Gasteiger partial charge in [-0.1, -0.05) is 29.8 Å². The number of halogens is 2. The SMILES string of the molecule is CCC(CC)(CN)NC(=O)c1cc(Br)ccc1Br. The van der Waals surface area contributed by atoms with E-state index < -0.39 is 0 Å². The fourth-order valence-electron chi connectivity index (χ4n) is 1.75. The van der Waals surface area contributed by atoms with Crippen LogP contribution in [0.15, 0.2) is 27.1 Å². The van der Waals surface area contributed by atoms with Gasteiger partial charge in [0.15, 0.2) is 0 Å². The van der Waals surface area contributed by atoms with E-state index in [1.807, 2.05) is 26.0 Å². The van der Waals surface area contributed by atoms with Gasteiger partial charge in [0.2, 0.25) is 0 Å². The summed E-state index contributed by atoms with van der Waals surface area (Å²) >= 11 is 6.76. The molecule has 18 heavy (non-hydrogen) atoms. The van der Waals surface area contributed by atoms with E-state index in [1.165, 1.54) is 0 Å². The molecule has 5 heteroatoms. The zero-order chi connectivity index (χ0) is 13.8. The Hall–Kier alpha value is -0.390. The Labute approximate surface area is 125 Å². The number of hydrogen-bond donors (Lipinski definition) is 2. The zero-order valence-electron chi connectivity index (χ0n) is 10.6. The molecule has 0 aliphatic carbocycles. The Bertz CT molecular complexity index is 423. The molecule has 0 saturated heterocycles. The highest BCUT2D eigenvalue weighted by Gasteiger charge is 2.27. The number of amides is 1. The van der Waals surface area contributed by atoms with Crippen molar-refractivity contribution >= 4 is 37.8 Å². The Morgan fingerprint density at radius 1 is 1.33 bits per heavy atom. The van der Waals surface area contributed by atoms with E-state index in [-0.39, 0.29) is 11.4 Å². The maximum Gasteiger partial charge on any atom is 0.252 e. The molecule has 3 nitrogen and oxygen atoms in total. The molecular weight excluding hydrogens is 360 g/mol.